The number of carbonyl (C=O) groups excluding carboxylic acids is 1. The molecule has 0 rings (SSSR count). The van der Waals surface area contributed by atoms with Crippen LogP contribution in [0.2, 0.25) is 0 Å². The maximum atomic E-state index is 12.7. The highest BCUT2D eigenvalue weighted by molar-refractivity contribution is 7.47. The molecule has 0 aromatic heterocycles. The normalized spacial score (nSPS) is 14.1. The van der Waals surface area contributed by atoms with E-state index in [1.807, 2.05) is 21.1 Å². The second kappa shape index (κ2) is 46.7. The van der Waals surface area contributed by atoms with E-state index in [0.717, 1.165) is 64.2 Å². The average molecular weight is 907 g/mol. The van der Waals surface area contributed by atoms with Gasteiger partial charge in [0.15, 0.2) is 0 Å². The average Bonchev–Trinajstić information content (AvgIpc) is 3.24. The van der Waals surface area contributed by atoms with Crippen LogP contribution >= 0.6 is 7.82 Å². The van der Waals surface area contributed by atoms with E-state index in [1.54, 1.807) is 0 Å². The fourth-order valence-electron chi connectivity index (χ4n) is 7.11. The number of nitrogens with zero attached hydrogens (tertiary/aromatic N) is 1. The van der Waals surface area contributed by atoms with Crippen LogP contribution in [0.5, 0.6) is 0 Å². The van der Waals surface area contributed by atoms with Gasteiger partial charge in [0, 0.05) is 13.0 Å². The van der Waals surface area contributed by atoms with Crippen molar-refractivity contribution >= 4 is 13.8 Å². The first kappa shape index (κ1) is 61.2. The minimum atomic E-state index is -4.28. The molecule has 0 radical (unpaired) electrons. The van der Waals surface area contributed by atoms with Gasteiger partial charge in [0.25, 0.3) is 0 Å². The summed E-state index contributed by atoms with van der Waals surface area (Å²) >= 11 is 0. The van der Waals surface area contributed by atoms with Gasteiger partial charge in [0.2, 0.25) is 0 Å². The number of esters is 1. The Hall–Kier alpha value is -1.80. The Morgan fingerprint density at radius 1 is 0.508 bits per heavy atom. The summed E-state index contributed by atoms with van der Waals surface area (Å²) in [7, 11) is 1.67. The number of ether oxygens (including phenoxy) is 2. The summed E-state index contributed by atoms with van der Waals surface area (Å²) in [6, 6.07) is 0. The van der Waals surface area contributed by atoms with Crippen molar-refractivity contribution in [2.45, 2.75) is 225 Å². The van der Waals surface area contributed by atoms with Crippen molar-refractivity contribution in [1.82, 2.24) is 0 Å². The van der Waals surface area contributed by atoms with Crippen LogP contribution < -0.4 is 0 Å². The highest BCUT2D eigenvalue weighted by atomic mass is 31.2. The first-order valence-corrected chi connectivity index (χ1v) is 27.5. The molecule has 9 heteroatoms. The minimum Gasteiger partial charge on any atom is -0.457 e. The van der Waals surface area contributed by atoms with E-state index < -0.39 is 13.9 Å². The third-order valence-electron chi connectivity index (χ3n) is 11.1. The molecule has 0 saturated carbocycles. The Labute approximate surface area is 390 Å². The van der Waals surface area contributed by atoms with Crippen molar-refractivity contribution in [3.8, 4) is 0 Å². The quantitative estimate of drug-likeness (QED) is 0.0214. The predicted octanol–water partition coefficient (Wildman–Crippen LogP) is 16.1. The van der Waals surface area contributed by atoms with Crippen LogP contribution in [0, 0.1) is 0 Å². The van der Waals surface area contributed by atoms with Crippen molar-refractivity contribution in [1.29, 1.82) is 0 Å². The lowest BCUT2D eigenvalue weighted by atomic mass is 10.0. The summed E-state index contributed by atoms with van der Waals surface area (Å²) in [4.78, 5) is 23.0. The predicted molar refractivity (Wildman–Crippen MR) is 270 cm³/mol. The molecule has 63 heavy (non-hydrogen) atoms. The number of allylic oxidation sites excluding steroid dienone is 10. The summed E-state index contributed by atoms with van der Waals surface area (Å²) < 4.78 is 35.2. The molecule has 8 nitrogen and oxygen atoms in total. The summed E-state index contributed by atoms with van der Waals surface area (Å²) in [6.07, 6.45) is 59.8. The van der Waals surface area contributed by atoms with E-state index in [1.165, 1.54) is 135 Å². The first-order valence-electron chi connectivity index (χ1n) is 26.0. The van der Waals surface area contributed by atoms with Gasteiger partial charge in [-0.15, -0.1) is 0 Å². The Morgan fingerprint density at radius 2 is 0.921 bits per heavy atom. The third kappa shape index (κ3) is 51.1. The maximum absolute atomic E-state index is 12.7. The molecule has 0 aromatic carbocycles. The molecule has 0 aliphatic heterocycles. The third-order valence-corrected chi connectivity index (χ3v) is 12.1. The van der Waals surface area contributed by atoms with E-state index in [9.17, 15) is 14.3 Å². The zero-order chi connectivity index (χ0) is 46.2. The molecule has 368 valence electrons. The van der Waals surface area contributed by atoms with Crippen LogP contribution in [0.4, 0.5) is 0 Å². The lowest BCUT2D eigenvalue weighted by molar-refractivity contribution is -0.870. The molecule has 0 spiro atoms. The zero-order valence-electron chi connectivity index (χ0n) is 41.8. The van der Waals surface area contributed by atoms with E-state index in [0.29, 0.717) is 24.1 Å². The van der Waals surface area contributed by atoms with Gasteiger partial charge in [0.1, 0.15) is 19.3 Å². The fourth-order valence-corrected chi connectivity index (χ4v) is 7.85. The molecular weight excluding hydrogens is 806 g/mol. The smallest absolute Gasteiger partial charge is 0.457 e. The monoisotopic (exact) mass is 907 g/mol. The summed E-state index contributed by atoms with van der Waals surface area (Å²) in [6.45, 7) is 5.52. The van der Waals surface area contributed by atoms with Crippen LogP contribution in [0.1, 0.15) is 219 Å². The number of unbranched alkanes of at least 4 members (excludes halogenated alkanes) is 24. The largest absolute Gasteiger partial charge is 0.472 e. The fraction of sp³-hybridized carbons (Fsp3) is 0.796. The van der Waals surface area contributed by atoms with E-state index in [2.05, 4.69) is 74.6 Å². The number of rotatable bonds is 48. The van der Waals surface area contributed by atoms with Gasteiger partial charge in [-0.1, -0.05) is 216 Å². The lowest BCUT2D eigenvalue weighted by Gasteiger charge is -2.24. The number of hydrogen-bond donors (Lipinski definition) is 1. The number of carbonyl (C=O) groups is 1. The van der Waals surface area contributed by atoms with Crippen LogP contribution in [0.15, 0.2) is 60.8 Å². The van der Waals surface area contributed by atoms with Gasteiger partial charge in [0.05, 0.1) is 34.4 Å². The van der Waals surface area contributed by atoms with Gasteiger partial charge in [-0.3, -0.25) is 13.8 Å². The van der Waals surface area contributed by atoms with Crippen LogP contribution in [0.3, 0.4) is 0 Å². The Kier molecular flexibility index (Phi) is 45.4. The van der Waals surface area contributed by atoms with Crippen molar-refractivity contribution in [3.05, 3.63) is 60.8 Å². The van der Waals surface area contributed by atoms with Gasteiger partial charge in [-0.05, 0) is 57.8 Å². The number of phosphoric acid groups is 1. The van der Waals surface area contributed by atoms with Gasteiger partial charge < -0.3 is 18.9 Å². The highest BCUT2D eigenvalue weighted by Crippen LogP contribution is 2.43. The topological polar surface area (TPSA) is 91.3 Å². The van der Waals surface area contributed by atoms with E-state index in [-0.39, 0.29) is 25.8 Å². The molecule has 2 atom stereocenters. The van der Waals surface area contributed by atoms with Gasteiger partial charge in [-0.25, -0.2) is 4.57 Å². The molecule has 0 aliphatic carbocycles. The Balaban J connectivity index is 4.10. The molecular formula is C54H101NO7P+. The van der Waals surface area contributed by atoms with Crippen LogP contribution in [-0.2, 0) is 27.9 Å². The maximum Gasteiger partial charge on any atom is 0.472 e. The molecule has 0 aromatic rings. The second-order valence-corrected chi connectivity index (χ2v) is 20.0. The van der Waals surface area contributed by atoms with Crippen LogP contribution in [0.25, 0.3) is 0 Å². The SMILES string of the molecule is CC/C=C\C/C=C\C/C=C\C/C=C\C/C=C\CCCCCCCCCCCCOCC(COP(=O)(O)OCC[N+](C)(C)C)OC(=O)CCCCCCCCCCCCCCCCC. The first-order chi connectivity index (χ1) is 30.6. The number of phosphoric ester groups is 1. The van der Waals surface area contributed by atoms with Crippen molar-refractivity contribution in [3.63, 3.8) is 0 Å². The molecule has 0 amide bonds. The number of quaternary nitrogens is 1. The summed E-state index contributed by atoms with van der Waals surface area (Å²) in [5.74, 6) is -0.314. The van der Waals surface area contributed by atoms with Gasteiger partial charge >= 0.3 is 13.8 Å². The summed E-state index contributed by atoms with van der Waals surface area (Å²) in [5.41, 5.74) is 0. The van der Waals surface area contributed by atoms with E-state index in [4.69, 9.17) is 18.5 Å². The highest BCUT2D eigenvalue weighted by Gasteiger charge is 2.26. The summed E-state index contributed by atoms with van der Waals surface area (Å²) in [5, 5.41) is 0. The lowest BCUT2D eigenvalue weighted by Crippen LogP contribution is -2.37. The number of hydrogen-bond acceptors (Lipinski definition) is 6. The molecule has 0 saturated heterocycles. The molecule has 0 aliphatic rings. The molecule has 0 bridgehead atoms. The molecule has 1 N–H and O–H groups in total. The Bertz CT molecular complexity index is 1190. The van der Waals surface area contributed by atoms with E-state index >= 15 is 0 Å². The van der Waals surface area contributed by atoms with Crippen molar-refractivity contribution < 1.29 is 37.3 Å². The Morgan fingerprint density at radius 3 is 1.38 bits per heavy atom. The van der Waals surface area contributed by atoms with Gasteiger partial charge in [-0.2, -0.15) is 0 Å². The van der Waals surface area contributed by atoms with Crippen molar-refractivity contribution in [2.24, 2.45) is 0 Å². The second-order valence-electron chi connectivity index (χ2n) is 18.5. The van der Waals surface area contributed by atoms with Crippen LogP contribution in [-0.4, -0.2) is 75.6 Å². The molecule has 0 heterocycles. The molecule has 0 fully saturated rings. The standard InChI is InChI=1S/C54H100NO7P/c1-6-8-10-12-14-16-18-20-22-23-24-25-26-27-28-29-30-31-32-34-36-38-40-42-44-46-49-59-51-53(52-61-63(57,58)60-50-48-55(3,4)5)62-54(56)47-45-43-41-39-37-35-33-21-19-17-15-13-11-9-7-2/h8,10,14,16,20,22,24-25,27-28,53H,6-7,9,11-13,15,17-19,21,23,26,29-52H2,1-5H3/p+1/b10-8-,16-14-,22-20-,25-24-,28-27-. The molecule has 2 unspecified atom stereocenters. The van der Waals surface area contributed by atoms with Crippen molar-refractivity contribution in [2.75, 3.05) is 54.1 Å². The minimum absolute atomic E-state index is 0.0872. The zero-order valence-corrected chi connectivity index (χ0v) is 42.7. The number of likely N-dealkylation sites (N-methyl/N-ethyl adjacent to an activating group) is 1.